The second-order valence-corrected chi connectivity index (χ2v) is 9.45. The monoisotopic (exact) mass is 456 g/mol. The highest BCUT2D eigenvalue weighted by Crippen LogP contribution is 2.23. The summed E-state index contributed by atoms with van der Waals surface area (Å²) in [5.74, 6) is 0.783. The van der Waals surface area contributed by atoms with Gasteiger partial charge in [-0.15, -0.1) is 6.58 Å². The molecule has 9 heteroatoms. The number of hydrogen-bond donors (Lipinski definition) is 2. The summed E-state index contributed by atoms with van der Waals surface area (Å²) in [5, 5.41) is 7.07. The van der Waals surface area contributed by atoms with Crippen molar-refractivity contribution in [2.24, 2.45) is 0 Å². The average Bonchev–Trinajstić information content (AvgIpc) is 3.10. The fourth-order valence-corrected chi connectivity index (χ4v) is 4.13. The van der Waals surface area contributed by atoms with E-state index in [4.69, 9.17) is 9.97 Å². The Morgan fingerprint density at radius 3 is 2.82 bits per heavy atom. The second kappa shape index (κ2) is 8.49. The van der Waals surface area contributed by atoms with E-state index in [1.807, 2.05) is 12.1 Å². The minimum atomic E-state index is -0.215. The van der Waals surface area contributed by atoms with Crippen molar-refractivity contribution in [2.45, 2.75) is 45.7 Å². The molecule has 4 aromatic rings. The van der Waals surface area contributed by atoms with E-state index in [2.05, 4.69) is 60.1 Å². The number of nitrogens with one attached hydrogen (secondary N) is 2. The highest BCUT2D eigenvalue weighted by molar-refractivity contribution is 5.76. The van der Waals surface area contributed by atoms with Crippen LogP contribution in [-0.4, -0.2) is 35.8 Å². The first-order chi connectivity index (χ1) is 16.3. The summed E-state index contributed by atoms with van der Waals surface area (Å²) >= 11 is 0. The molecule has 0 spiro atoms. The Morgan fingerprint density at radius 1 is 1.18 bits per heavy atom. The Kier molecular flexibility index (Phi) is 5.49. The number of allylic oxidation sites excluding steroid dienone is 1. The van der Waals surface area contributed by atoms with E-state index in [0.29, 0.717) is 29.5 Å². The van der Waals surface area contributed by atoms with E-state index in [9.17, 15) is 4.79 Å². The van der Waals surface area contributed by atoms with Crippen LogP contribution in [0.15, 0.2) is 54.1 Å². The number of anilines is 2. The van der Waals surface area contributed by atoms with Crippen LogP contribution < -0.4 is 16.2 Å². The summed E-state index contributed by atoms with van der Waals surface area (Å²) in [6.07, 6.45) is 5.91. The zero-order valence-electron chi connectivity index (χ0n) is 19.7. The summed E-state index contributed by atoms with van der Waals surface area (Å²) in [6, 6.07) is 8.16. The zero-order chi connectivity index (χ0) is 23.9. The van der Waals surface area contributed by atoms with Gasteiger partial charge in [-0.25, -0.2) is 19.6 Å². The van der Waals surface area contributed by atoms with Gasteiger partial charge < -0.3 is 10.6 Å². The maximum atomic E-state index is 13.2. The predicted molar refractivity (Wildman–Crippen MR) is 133 cm³/mol. The number of aromatic nitrogens is 6. The first-order valence-electron chi connectivity index (χ1n) is 11.4. The Morgan fingerprint density at radius 2 is 2.03 bits per heavy atom. The van der Waals surface area contributed by atoms with Gasteiger partial charge in [-0.2, -0.15) is 9.67 Å². The molecule has 0 saturated carbocycles. The minimum Gasteiger partial charge on any atom is -0.324 e. The smallest absolute Gasteiger partial charge is 0.278 e. The Hall–Kier alpha value is -3.85. The zero-order valence-corrected chi connectivity index (χ0v) is 19.7. The average molecular weight is 457 g/mol. The van der Waals surface area contributed by atoms with Crippen LogP contribution in [0.5, 0.6) is 0 Å². The van der Waals surface area contributed by atoms with Gasteiger partial charge >= 0.3 is 0 Å². The van der Waals surface area contributed by atoms with E-state index in [-0.39, 0.29) is 11.0 Å². The molecule has 1 aliphatic rings. The predicted octanol–water partition coefficient (Wildman–Crippen LogP) is 3.25. The van der Waals surface area contributed by atoms with Crippen LogP contribution in [0.1, 0.15) is 37.6 Å². The molecule has 3 aromatic heterocycles. The van der Waals surface area contributed by atoms with Crippen molar-refractivity contribution < 1.29 is 0 Å². The highest BCUT2D eigenvalue weighted by atomic mass is 16.1. The van der Waals surface area contributed by atoms with Crippen molar-refractivity contribution in [1.29, 1.82) is 0 Å². The molecule has 0 atom stereocenters. The molecule has 0 radical (unpaired) electrons. The summed E-state index contributed by atoms with van der Waals surface area (Å²) in [4.78, 5) is 31.5. The molecule has 9 nitrogen and oxygen atoms in total. The molecule has 4 heterocycles. The topological polar surface area (TPSA) is 103 Å². The molecule has 1 aromatic carbocycles. The van der Waals surface area contributed by atoms with Gasteiger partial charge in [-0.1, -0.05) is 32.9 Å². The molecule has 0 saturated heterocycles. The van der Waals surface area contributed by atoms with Gasteiger partial charge in [0.05, 0.1) is 12.2 Å². The quantitative estimate of drug-likeness (QED) is 0.445. The van der Waals surface area contributed by atoms with Crippen LogP contribution in [0.25, 0.3) is 17.0 Å². The molecule has 0 fully saturated rings. The summed E-state index contributed by atoms with van der Waals surface area (Å²) in [6.45, 7) is 12.2. The standard InChI is InChI=1S/C25H28N8O/c1-5-12-32-22(34)19-15-28-23(29-18-7-6-17-14-26-10-8-16(17)13-18)31-21(19)33(32)24-27-11-9-20(30-24)25(2,3)4/h5-7,9,11,13,15,26H,1,8,10,12,14H2,2-4H3,(H,28,29,31). The first kappa shape index (κ1) is 22.0. The molecule has 174 valence electrons. The fourth-order valence-electron chi connectivity index (χ4n) is 4.13. The van der Waals surface area contributed by atoms with E-state index >= 15 is 0 Å². The Labute approximate surface area is 197 Å². The van der Waals surface area contributed by atoms with Gasteiger partial charge in [0.2, 0.25) is 5.95 Å². The van der Waals surface area contributed by atoms with Crippen LogP contribution in [0, 0.1) is 0 Å². The van der Waals surface area contributed by atoms with Gasteiger partial charge in [0.15, 0.2) is 5.65 Å². The van der Waals surface area contributed by atoms with Crippen molar-refractivity contribution in [2.75, 3.05) is 11.9 Å². The van der Waals surface area contributed by atoms with Gasteiger partial charge in [0, 0.05) is 30.0 Å². The number of benzene rings is 1. The van der Waals surface area contributed by atoms with Crippen LogP contribution >= 0.6 is 0 Å². The number of rotatable bonds is 5. The normalized spacial score (nSPS) is 13.6. The van der Waals surface area contributed by atoms with Gasteiger partial charge in [-0.05, 0) is 42.3 Å². The molecular weight excluding hydrogens is 428 g/mol. The molecule has 1 aliphatic heterocycles. The van der Waals surface area contributed by atoms with E-state index in [0.717, 1.165) is 30.9 Å². The van der Waals surface area contributed by atoms with Crippen molar-refractivity contribution >= 4 is 22.7 Å². The molecule has 5 rings (SSSR count). The van der Waals surface area contributed by atoms with Crippen molar-refractivity contribution in [3.05, 3.63) is 76.5 Å². The lowest BCUT2D eigenvalue weighted by Gasteiger charge is -2.19. The van der Waals surface area contributed by atoms with E-state index in [1.54, 1.807) is 23.2 Å². The minimum absolute atomic E-state index is 0.173. The van der Waals surface area contributed by atoms with Crippen LogP contribution in [-0.2, 0) is 24.9 Å². The first-order valence-corrected chi connectivity index (χ1v) is 11.4. The lowest BCUT2D eigenvalue weighted by atomic mass is 9.92. The molecule has 2 N–H and O–H groups in total. The third-order valence-corrected chi connectivity index (χ3v) is 5.93. The Bertz CT molecular complexity index is 1440. The number of hydrogen-bond acceptors (Lipinski definition) is 7. The van der Waals surface area contributed by atoms with Gasteiger partial charge in [-0.3, -0.25) is 4.79 Å². The summed E-state index contributed by atoms with van der Waals surface area (Å²) < 4.78 is 3.18. The molecule has 0 amide bonds. The third kappa shape index (κ3) is 3.99. The lowest BCUT2D eigenvalue weighted by molar-refractivity contribution is 0.547. The maximum absolute atomic E-state index is 13.2. The second-order valence-electron chi connectivity index (χ2n) is 9.45. The lowest BCUT2D eigenvalue weighted by Crippen LogP contribution is -2.24. The highest BCUT2D eigenvalue weighted by Gasteiger charge is 2.21. The third-order valence-electron chi connectivity index (χ3n) is 5.93. The van der Waals surface area contributed by atoms with Crippen LogP contribution in [0.2, 0.25) is 0 Å². The largest absolute Gasteiger partial charge is 0.324 e. The molecule has 0 aliphatic carbocycles. The van der Waals surface area contributed by atoms with Gasteiger partial charge in [0.1, 0.15) is 5.39 Å². The van der Waals surface area contributed by atoms with Crippen LogP contribution in [0.3, 0.4) is 0 Å². The molecule has 0 unspecified atom stereocenters. The number of nitrogens with zero attached hydrogens (tertiary/aromatic N) is 6. The summed E-state index contributed by atoms with van der Waals surface area (Å²) in [5.41, 5.74) is 4.45. The molecule has 0 bridgehead atoms. The fraction of sp³-hybridized carbons (Fsp3) is 0.320. The number of fused-ring (bicyclic) bond motifs is 2. The SMILES string of the molecule is C=CCn1c(=O)c2cnc(Nc3ccc4c(c3)CCNC4)nc2n1-c1nccc(C(C)(C)C)n1. The van der Waals surface area contributed by atoms with Crippen molar-refractivity contribution in [3.63, 3.8) is 0 Å². The van der Waals surface area contributed by atoms with E-state index < -0.39 is 0 Å². The molecule has 34 heavy (non-hydrogen) atoms. The molecular formula is C25H28N8O. The van der Waals surface area contributed by atoms with Gasteiger partial charge in [0.25, 0.3) is 11.5 Å². The van der Waals surface area contributed by atoms with Crippen LogP contribution in [0.4, 0.5) is 11.6 Å². The van der Waals surface area contributed by atoms with E-state index in [1.165, 1.54) is 15.8 Å². The van der Waals surface area contributed by atoms with Crippen molar-refractivity contribution in [1.82, 2.24) is 34.6 Å². The Balaban J connectivity index is 1.62. The summed E-state index contributed by atoms with van der Waals surface area (Å²) in [7, 11) is 0. The van der Waals surface area contributed by atoms with Crippen molar-refractivity contribution in [3.8, 4) is 5.95 Å². The maximum Gasteiger partial charge on any atom is 0.278 e.